The number of aryl methyl sites for hydroxylation is 1. The summed E-state index contributed by atoms with van der Waals surface area (Å²) in [6.45, 7) is 1.96. The van der Waals surface area contributed by atoms with Gasteiger partial charge in [0.15, 0.2) is 0 Å². The first-order valence-corrected chi connectivity index (χ1v) is 9.81. The standard InChI is InChI=1S/C20H15N5O6S/c1-13-2-6-17(7-3-13)32-20-9-5-15(23(26)27)10-14(20)12-21-22-18-8-4-16(24(28)29)11-19(18)25(30)31/h2-12,22H,1H3/b21-12-. The molecule has 0 fully saturated rings. The van der Waals surface area contributed by atoms with Crippen molar-refractivity contribution >= 4 is 40.7 Å². The number of hydrogen-bond donors (Lipinski definition) is 1. The molecule has 0 spiro atoms. The smallest absolute Gasteiger partial charge is 0.272 e. The van der Waals surface area contributed by atoms with Crippen molar-refractivity contribution in [3.63, 3.8) is 0 Å². The maximum absolute atomic E-state index is 11.2. The van der Waals surface area contributed by atoms with Crippen LogP contribution in [0.1, 0.15) is 11.1 Å². The Labute approximate surface area is 185 Å². The topological polar surface area (TPSA) is 154 Å². The predicted octanol–water partition coefficient (Wildman–Crippen LogP) is 5.32. The van der Waals surface area contributed by atoms with Crippen molar-refractivity contribution < 1.29 is 14.8 Å². The molecule has 12 heteroatoms. The van der Waals surface area contributed by atoms with E-state index in [1.807, 2.05) is 31.2 Å². The molecular weight excluding hydrogens is 438 g/mol. The Bertz CT molecular complexity index is 1230. The van der Waals surface area contributed by atoms with E-state index >= 15 is 0 Å². The van der Waals surface area contributed by atoms with Gasteiger partial charge in [0.05, 0.1) is 27.1 Å². The van der Waals surface area contributed by atoms with Gasteiger partial charge in [-0.2, -0.15) is 5.10 Å². The summed E-state index contributed by atoms with van der Waals surface area (Å²) >= 11 is 1.38. The van der Waals surface area contributed by atoms with Crippen LogP contribution in [0.3, 0.4) is 0 Å². The van der Waals surface area contributed by atoms with Crippen molar-refractivity contribution in [3.05, 3.63) is 102 Å². The Kier molecular flexibility index (Phi) is 6.75. The molecule has 0 heterocycles. The van der Waals surface area contributed by atoms with Crippen molar-refractivity contribution in [1.29, 1.82) is 0 Å². The fourth-order valence-electron chi connectivity index (χ4n) is 2.63. The van der Waals surface area contributed by atoms with Crippen LogP contribution >= 0.6 is 11.8 Å². The van der Waals surface area contributed by atoms with Gasteiger partial charge < -0.3 is 0 Å². The fraction of sp³-hybridized carbons (Fsp3) is 0.0500. The van der Waals surface area contributed by atoms with E-state index in [9.17, 15) is 30.3 Å². The molecule has 11 nitrogen and oxygen atoms in total. The van der Waals surface area contributed by atoms with Crippen molar-refractivity contribution in [1.82, 2.24) is 0 Å². The zero-order chi connectivity index (χ0) is 23.3. The monoisotopic (exact) mass is 453 g/mol. The van der Waals surface area contributed by atoms with Gasteiger partial charge in [0.1, 0.15) is 5.69 Å². The molecule has 0 atom stereocenters. The number of rotatable bonds is 8. The summed E-state index contributed by atoms with van der Waals surface area (Å²) in [6.07, 6.45) is 1.30. The van der Waals surface area contributed by atoms with Gasteiger partial charge in [-0.25, -0.2) is 0 Å². The first kappa shape index (κ1) is 22.4. The van der Waals surface area contributed by atoms with Crippen molar-refractivity contribution in [3.8, 4) is 0 Å². The average Bonchev–Trinajstić information content (AvgIpc) is 2.76. The van der Waals surface area contributed by atoms with Crippen LogP contribution in [0.2, 0.25) is 0 Å². The van der Waals surface area contributed by atoms with E-state index < -0.39 is 26.1 Å². The summed E-state index contributed by atoms with van der Waals surface area (Å²) in [5.41, 5.74) is 2.84. The highest BCUT2D eigenvalue weighted by Crippen LogP contribution is 2.32. The lowest BCUT2D eigenvalue weighted by molar-refractivity contribution is -0.393. The largest absolute Gasteiger partial charge is 0.301 e. The minimum absolute atomic E-state index is 0.0602. The van der Waals surface area contributed by atoms with Crippen molar-refractivity contribution in [2.24, 2.45) is 5.10 Å². The summed E-state index contributed by atoms with van der Waals surface area (Å²) in [6, 6.07) is 15.1. The number of nitro benzene ring substituents is 3. The molecule has 1 N–H and O–H groups in total. The molecule has 0 aromatic heterocycles. The number of nitro groups is 3. The minimum atomic E-state index is -0.767. The van der Waals surface area contributed by atoms with Gasteiger partial charge in [0, 0.05) is 33.6 Å². The van der Waals surface area contributed by atoms with Crippen LogP contribution in [-0.2, 0) is 0 Å². The van der Waals surface area contributed by atoms with Gasteiger partial charge >= 0.3 is 5.69 Å². The van der Waals surface area contributed by atoms with Crippen LogP contribution in [0.25, 0.3) is 0 Å². The molecule has 32 heavy (non-hydrogen) atoms. The highest BCUT2D eigenvalue weighted by molar-refractivity contribution is 7.99. The van der Waals surface area contributed by atoms with Gasteiger partial charge in [-0.3, -0.25) is 35.8 Å². The number of hydrazone groups is 1. The Morgan fingerprint density at radius 3 is 2.09 bits per heavy atom. The Morgan fingerprint density at radius 2 is 1.47 bits per heavy atom. The SMILES string of the molecule is Cc1ccc(Sc2ccc([N+](=O)[O-])cc2/C=N\Nc2ccc([N+](=O)[O-])cc2[N+](=O)[O-])cc1. The summed E-state index contributed by atoms with van der Waals surface area (Å²) in [4.78, 5) is 32.8. The van der Waals surface area contributed by atoms with Gasteiger partial charge in [-0.05, 0) is 31.2 Å². The highest BCUT2D eigenvalue weighted by Gasteiger charge is 2.19. The lowest BCUT2D eigenvalue weighted by atomic mass is 10.2. The molecule has 0 saturated heterocycles. The van der Waals surface area contributed by atoms with E-state index in [-0.39, 0.29) is 11.4 Å². The van der Waals surface area contributed by atoms with Crippen LogP contribution in [0.4, 0.5) is 22.7 Å². The number of non-ortho nitro benzene ring substituents is 2. The molecule has 3 aromatic carbocycles. The van der Waals surface area contributed by atoms with E-state index in [0.29, 0.717) is 10.5 Å². The van der Waals surface area contributed by atoms with Gasteiger partial charge in [-0.1, -0.05) is 29.5 Å². The Hall–Kier alpha value is -4.32. The van der Waals surface area contributed by atoms with E-state index in [0.717, 1.165) is 22.6 Å². The fourth-order valence-corrected chi connectivity index (χ4v) is 3.52. The van der Waals surface area contributed by atoms with Crippen LogP contribution in [0, 0.1) is 37.3 Å². The van der Waals surface area contributed by atoms with E-state index in [1.165, 1.54) is 36.2 Å². The molecule has 0 aliphatic rings. The molecule has 0 bridgehead atoms. The second-order valence-corrected chi connectivity index (χ2v) is 7.60. The van der Waals surface area contributed by atoms with Crippen molar-refractivity contribution in [2.75, 3.05) is 5.43 Å². The molecule has 3 rings (SSSR count). The molecule has 0 radical (unpaired) electrons. The zero-order valence-electron chi connectivity index (χ0n) is 16.5. The van der Waals surface area contributed by atoms with Crippen LogP contribution in [0.5, 0.6) is 0 Å². The van der Waals surface area contributed by atoms with E-state index in [2.05, 4.69) is 10.5 Å². The second-order valence-electron chi connectivity index (χ2n) is 6.48. The third-order valence-electron chi connectivity index (χ3n) is 4.23. The van der Waals surface area contributed by atoms with Gasteiger partial charge in [-0.15, -0.1) is 0 Å². The maximum atomic E-state index is 11.2. The van der Waals surface area contributed by atoms with E-state index in [1.54, 1.807) is 6.07 Å². The normalized spacial score (nSPS) is 10.8. The molecule has 3 aromatic rings. The minimum Gasteiger partial charge on any atom is -0.272 e. The summed E-state index contributed by atoms with van der Waals surface area (Å²) < 4.78 is 0. The first-order chi connectivity index (χ1) is 15.2. The van der Waals surface area contributed by atoms with Gasteiger partial charge in [0.2, 0.25) is 0 Å². The van der Waals surface area contributed by atoms with E-state index in [4.69, 9.17) is 0 Å². The number of nitrogens with zero attached hydrogens (tertiary/aromatic N) is 4. The Morgan fingerprint density at radius 1 is 0.844 bits per heavy atom. The highest BCUT2D eigenvalue weighted by atomic mass is 32.2. The molecular formula is C20H15N5O6S. The lowest BCUT2D eigenvalue weighted by Crippen LogP contribution is -1.99. The molecule has 0 aliphatic carbocycles. The molecule has 0 saturated carbocycles. The summed E-state index contributed by atoms with van der Waals surface area (Å²) in [7, 11) is 0. The summed E-state index contributed by atoms with van der Waals surface area (Å²) in [5.74, 6) is 0. The van der Waals surface area contributed by atoms with Crippen LogP contribution in [0.15, 0.2) is 75.6 Å². The average molecular weight is 453 g/mol. The zero-order valence-corrected chi connectivity index (χ0v) is 17.3. The van der Waals surface area contributed by atoms with Crippen molar-refractivity contribution in [2.45, 2.75) is 16.7 Å². The van der Waals surface area contributed by atoms with Crippen LogP contribution < -0.4 is 5.43 Å². The number of benzene rings is 3. The van der Waals surface area contributed by atoms with Gasteiger partial charge in [0.25, 0.3) is 11.4 Å². The maximum Gasteiger partial charge on any atom is 0.301 e. The Balaban J connectivity index is 1.90. The number of hydrogen-bond acceptors (Lipinski definition) is 9. The third-order valence-corrected chi connectivity index (χ3v) is 5.33. The number of anilines is 1. The predicted molar refractivity (Wildman–Crippen MR) is 119 cm³/mol. The second kappa shape index (κ2) is 9.66. The first-order valence-electron chi connectivity index (χ1n) is 8.99. The summed E-state index contributed by atoms with van der Waals surface area (Å²) in [5, 5.41) is 37.2. The molecule has 0 aliphatic heterocycles. The molecule has 0 unspecified atom stereocenters. The molecule has 0 amide bonds. The third kappa shape index (κ3) is 5.43. The molecule has 162 valence electrons. The quantitative estimate of drug-likeness (QED) is 0.273. The lowest BCUT2D eigenvalue weighted by Gasteiger charge is -2.07. The van der Waals surface area contributed by atoms with Crippen LogP contribution in [-0.4, -0.2) is 21.0 Å². The number of nitrogens with one attached hydrogen (secondary N) is 1.